The molecule has 38 heavy (non-hydrogen) atoms. The third-order valence-electron chi connectivity index (χ3n) is 6.59. The summed E-state index contributed by atoms with van der Waals surface area (Å²) in [5.74, 6) is 1.05. The van der Waals surface area contributed by atoms with E-state index in [1.807, 2.05) is 44.2 Å². The number of nitrogens with zero attached hydrogens (tertiary/aromatic N) is 3. The highest BCUT2D eigenvalue weighted by Gasteiger charge is 2.29. The Bertz CT molecular complexity index is 1550. The number of fused-ring (bicyclic) bond motifs is 1. The van der Waals surface area contributed by atoms with Gasteiger partial charge in [0.05, 0.1) is 40.3 Å². The first-order chi connectivity index (χ1) is 18.1. The van der Waals surface area contributed by atoms with E-state index in [9.17, 15) is 9.59 Å². The summed E-state index contributed by atoms with van der Waals surface area (Å²) in [6, 6.07) is 17.1. The molecule has 0 aliphatic carbocycles. The number of aromatic nitrogens is 2. The number of benzene rings is 3. The van der Waals surface area contributed by atoms with E-state index in [1.165, 1.54) is 0 Å². The Balaban J connectivity index is 1.96. The van der Waals surface area contributed by atoms with Gasteiger partial charge >= 0.3 is 0 Å². The number of hydrogen-bond donors (Lipinski definition) is 0. The van der Waals surface area contributed by atoms with Gasteiger partial charge in [-0.25, -0.2) is 4.98 Å². The molecule has 1 heterocycles. The summed E-state index contributed by atoms with van der Waals surface area (Å²) in [6.45, 7) is 8.49. The third-order valence-corrected chi connectivity index (χ3v) is 7.14. The van der Waals surface area contributed by atoms with Gasteiger partial charge in [0, 0.05) is 11.6 Å². The van der Waals surface area contributed by atoms with Crippen molar-refractivity contribution in [2.24, 2.45) is 5.92 Å². The number of aryl methyl sites for hydroxylation is 1. The summed E-state index contributed by atoms with van der Waals surface area (Å²) in [6.07, 6.45) is 0.757. The molecule has 6 nitrogen and oxygen atoms in total. The number of carbonyl (C=O) groups excluding carboxylic acids is 1. The van der Waals surface area contributed by atoms with Gasteiger partial charge in [-0.3, -0.25) is 14.2 Å². The highest BCUT2D eigenvalue weighted by atomic mass is 35.5. The SMILES string of the molecule is COc1ccc(C)cc1-n1c(C(C)N(CCC(C)C)C(=O)c2ccc(Cl)cc2Cl)nc2ccccc2c1=O. The molecule has 3 aromatic carbocycles. The lowest BCUT2D eigenvalue weighted by Gasteiger charge is -2.31. The van der Waals surface area contributed by atoms with Crippen molar-refractivity contribution in [1.29, 1.82) is 0 Å². The number of methoxy groups -OCH3 is 1. The predicted molar refractivity (Wildman–Crippen MR) is 154 cm³/mol. The number of hydrogen-bond acceptors (Lipinski definition) is 4. The van der Waals surface area contributed by atoms with E-state index in [0.717, 1.165) is 12.0 Å². The lowest BCUT2D eigenvalue weighted by molar-refractivity contribution is 0.0671. The van der Waals surface area contributed by atoms with Crippen LogP contribution in [0.1, 0.15) is 55.0 Å². The molecule has 0 aliphatic heterocycles. The van der Waals surface area contributed by atoms with Crippen molar-refractivity contribution in [1.82, 2.24) is 14.5 Å². The van der Waals surface area contributed by atoms with Crippen molar-refractivity contribution in [3.05, 3.63) is 98.0 Å². The van der Waals surface area contributed by atoms with Gasteiger partial charge in [0.25, 0.3) is 11.5 Å². The fraction of sp³-hybridized carbons (Fsp3) is 0.300. The van der Waals surface area contributed by atoms with E-state index in [-0.39, 0.29) is 16.5 Å². The molecule has 0 N–H and O–H groups in total. The molecule has 4 aromatic rings. The zero-order chi connectivity index (χ0) is 27.6. The summed E-state index contributed by atoms with van der Waals surface area (Å²) in [5.41, 5.74) is 2.19. The molecule has 0 fully saturated rings. The van der Waals surface area contributed by atoms with E-state index >= 15 is 0 Å². The quantitative estimate of drug-likeness (QED) is 0.231. The first-order valence-electron chi connectivity index (χ1n) is 12.5. The van der Waals surface area contributed by atoms with Gasteiger partial charge in [-0.2, -0.15) is 0 Å². The Morgan fingerprint density at radius 2 is 1.79 bits per heavy atom. The molecular weight excluding hydrogens is 521 g/mol. The number of para-hydroxylation sites is 1. The molecule has 1 unspecified atom stereocenters. The molecule has 4 rings (SSSR count). The zero-order valence-corrected chi connectivity index (χ0v) is 23.7. The van der Waals surface area contributed by atoms with Crippen LogP contribution < -0.4 is 10.3 Å². The van der Waals surface area contributed by atoms with Gasteiger partial charge in [-0.15, -0.1) is 0 Å². The molecule has 0 bridgehead atoms. The maximum Gasteiger partial charge on any atom is 0.266 e. The van der Waals surface area contributed by atoms with Gasteiger partial charge in [-0.1, -0.05) is 55.2 Å². The Kier molecular flexibility index (Phi) is 8.44. The van der Waals surface area contributed by atoms with Crippen LogP contribution in [0.4, 0.5) is 0 Å². The van der Waals surface area contributed by atoms with Crippen LogP contribution in [0, 0.1) is 12.8 Å². The maximum atomic E-state index is 14.0. The molecule has 0 aliphatic rings. The lowest BCUT2D eigenvalue weighted by atomic mass is 10.1. The normalized spacial score (nSPS) is 12.1. The van der Waals surface area contributed by atoms with Crippen molar-refractivity contribution >= 4 is 40.0 Å². The average Bonchev–Trinajstić information content (AvgIpc) is 2.88. The second-order valence-electron chi connectivity index (χ2n) is 9.78. The van der Waals surface area contributed by atoms with E-state index in [4.69, 9.17) is 32.9 Å². The minimum Gasteiger partial charge on any atom is -0.495 e. The molecule has 8 heteroatoms. The van der Waals surface area contributed by atoms with Gasteiger partial charge in [0.1, 0.15) is 11.6 Å². The minimum absolute atomic E-state index is 0.234. The number of ether oxygens (including phenoxy) is 1. The van der Waals surface area contributed by atoms with Crippen LogP contribution in [0.5, 0.6) is 5.75 Å². The maximum absolute atomic E-state index is 14.0. The predicted octanol–water partition coefficient (Wildman–Crippen LogP) is 7.26. The van der Waals surface area contributed by atoms with Crippen molar-refractivity contribution < 1.29 is 9.53 Å². The van der Waals surface area contributed by atoms with Crippen LogP contribution in [0.15, 0.2) is 65.5 Å². The highest BCUT2D eigenvalue weighted by Crippen LogP contribution is 2.31. The summed E-state index contributed by atoms with van der Waals surface area (Å²) in [7, 11) is 1.57. The first kappa shape index (κ1) is 27.7. The van der Waals surface area contributed by atoms with Crippen LogP contribution in [0.25, 0.3) is 16.6 Å². The van der Waals surface area contributed by atoms with Crippen molar-refractivity contribution in [2.45, 2.75) is 40.2 Å². The summed E-state index contributed by atoms with van der Waals surface area (Å²) >= 11 is 12.5. The second-order valence-corrected chi connectivity index (χ2v) is 10.6. The van der Waals surface area contributed by atoms with Crippen LogP contribution in [-0.4, -0.2) is 34.0 Å². The van der Waals surface area contributed by atoms with Crippen LogP contribution in [-0.2, 0) is 0 Å². The zero-order valence-electron chi connectivity index (χ0n) is 22.2. The van der Waals surface area contributed by atoms with Crippen molar-refractivity contribution in [2.75, 3.05) is 13.7 Å². The fourth-order valence-corrected chi connectivity index (χ4v) is 4.95. The third kappa shape index (κ3) is 5.57. The Morgan fingerprint density at radius 3 is 2.47 bits per heavy atom. The van der Waals surface area contributed by atoms with E-state index < -0.39 is 6.04 Å². The van der Waals surface area contributed by atoms with E-state index in [1.54, 1.807) is 46.9 Å². The van der Waals surface area contributed by atoms with E-state index in [0.29, 0.717) is 51.2 Å². The molecule has 1 amide bonds. The number of rotatable bonds is 8. The topological polar surface area (TPSA) is 64.4 Å². The average molecular weight is 553 g/mol. The smallest absolute Gasteiger partial charge is 0.266 e. The van der Waals surface area contributed by atoms with Crippen LogP contribution in [0.3, 0.4) is 0 Å². The molecular formula is C30H31Cl2N3O3. The van der Waals surface area contributed by atoms with Crippen molar-refractivity contribution in [3.63, 3.8) is 0 Å². The highest BCUT2D eigenvalue weighted by molar-refractivity contribution is 6.36. The Labute approximate surface area is 232 Å². The molecule has 0 radical (unpaired) electrons. The van der Waals surface area contributed by atoms with Crippen LogP contribution in [0.2, 0.25) is 10.0 Å². The molecule has 1 atom stereocenters. The van der Waals surface area contributed by atoms with Gasteiger partial charge in [-0.05, 0) is 74.2 Å². The number of carbonyl (C=O) groups is 1. The van der Waals surface area contributed by atoms with Crippen LogP contribution >= 0.6 is 23.2 Å². The minimum atomic E-state index is -0.574. The molecule has 198 valence electrons. The Hall–Kier alpha value is -3.35. The van der Waals surface area contributed by atoms with Gasteiger partial charge in [0.15, 0.2) is 0 Å². The van der Waals surface area contributed by atoms with Gasteiger partial charge in [0.2, 0.25) is 0 Å². The van der Waals surface area contributed by atoms with Gasteiger partial charge < -0.3 is 9.64 Å². The molecule has 0 saturated carbocycles. The number of amides is 1. The van der Waals surface area contributed by atoms with E-state index in [2.05, 4.69) is 13.8 Å². The van der Waals surface area contributed by atoms with Crippen molar-refractivity contribution in [3.8, 4) is 11.4 Å². The number of halogens is 2. The monoisotopic (exact) mass is 551 g/mol. The molecule has 0 saturated heterocycles. The largest absolute Gasteiger partial charge is 0.495 e. The fourth-order valence-electron chi connectivity index (χ4n) is 4.46. The first-order valence-corrected chi connectivity index (χ1v) is 13.3. The lowest BCUT2D eigenvalue weighted by Crippen LogP contribution is -2.38. The summed E-state index contributed by atoms with van der Waals surface area (Å²) in [4.78, 5) is 34.6. The molecule has 1 aromatic heterocycles. The standard InChI is InChI=1S/C30H31Cl2N3O3/c1-18(2)14-15-34(29(36)22-12-11-21(31)17-24(22)32)20(4)28-33-25-9-7-6-8-23(25)30(37)35(28)26-16-19(3)10-13-27(26)38-5/h6-13,16-18,20H,14-15H2,1-5H3. The second kappa shape index (κ2) is 11.6. The summed E-state index contributed by atoms with van der Waals surface area (Å²) in [5, 5.41) is 1.20. The Morgan fingerprint density at radius 1 is 1.05 bits per heavy atom. The molecule has 0 spiro atoms. The summed E-state index contributed by atoms with van der Waals surface area (Å²) < 4.78 is 7.21.